The van der Waals surface area contributed by atoms with E-state index in [1.165, 1.54) is 25.7 Å². The van der Waals surface area contributed by atoms with Gasteiger partial charge in [0, 0.05) is 6.61 Å². The van der Waals surface area contributed by atoms with Crippen LogP contribution in [0.2, 0.25) is 0 Å². The lowest BCUT2D eigenvalue weighted by Gasteiger charge is -2.39. The van der Waals surface area contributed by atoms with Gasteiger partial charge in [0.15, 0.2) is 0 Å². The van der Waals surface area contributed by atoms with Crippen LogP contribution in [0.4, 0.5) is 0 Å². The Balaban J connectivity index is 1.98. The van der Waals surface area contributed by atoms with Crippen molar-refractivity contribution in [2.45, 2.75) is 58.6 Å². The molecule has 100 valence electrons. The first-order chi connectivity index (χ1) is 8.13. The second-order valence-corrected chi connectivity index (χ2v) is 6.32. The molecule has 0 bridgehead atoms. The molecule has 3 heteroatoms. The predicted octanol–water partition coefficient (Wildman–Crippen LogP) is 2.32. The minimum Gasteiger partial charge on any atom is -0.376 e. The Labute approximate surface area is 105 Å². The SMILES string of the molecule is CC1CCC(C(NN)C2OCCC2C)CC1C. The Morgan fingerprint density at radius 2 is 1.82 bits per heavy atom. The Morgan fingerprint density at radius 1 is 1.06 bits per heavy atom. The monoisotopic (exact) mass is 240 g/mol. The van der Waals surface area contributed by atoms with E-state index in [2.05, 4.69) is 26.2 Å². The molecule has 2 fully saturated rings. The van der Waals surface area contributed by atoms with E-state index in [1.54, 1.807) is 0 Å². The number of nitrogens with one attached hydrogen (secondary N) is 1. The molecular formula is C14H28N2O. The summed E-state index contributed by atoms with van der Waals surface area (Å²) >= 11 is 0. The third-order valence-corrected chi connectivity index (χ3v) is 5.14. The predicted molar refractivity (Wildman–Crippen MR) is 70.3 cm³/mol. The summed E-state index contributed by atoms with van der Waals surface area (Å²) in [6.07, 6.45) is 5.44. The molecule has 0 aromatic carbocycles. The van der Waals surface area contributed by atoms with Crippen molar-refractivity contribution >= 4 is 0 Å². The number of nitrogens with two attached hydrogens (primary N) is 1. The van der Waals surface area contributed by atoms with Gasteiger partial charge in [-0.3, -0.25) is 11.3 Å². The molecule has 2 aliphatic rings. The fourth-order valence-electron chi connectivity index (χ4n) is 3.59. The first-order valence-electron chi connectivity index (χ1n) is 7.21. The molecule has 1 saturated heterocycles. The van der Waals surface area contributed by atoms with E-state index < -0.39 is 0 Å². The minimum atomic E-state index is 0.325. The fraction of sp³-hybridized carbons (Fsp3) is 1.00. The van der Waals surface area contributed by atoms with E-state index >= 15 is 0 Å². The van der Waals surface area contributed by atoms with Crippen molar-refractivity contribution in [2.24, 2.45) is 29.5 Å². The second-order valence-electron chi connectivity index (χ2n) is 6.32. The Morgan fingerprint density at radius 3 is 2.35 bits per heavy atom. The summed E-state index contributed by atoms with van der Waals surface area (Å²) in [4.78, 5) is 0. The lowest BCUT2D eigenvalue weighted by atomic mass is 9.71. The van der Waals surface area contributed by atoms with Gasteiger partial charge in [0.25, 0.3) is 0 Å². The largest absolute Gasteiger partial charge is 0.376 e. The molecule has 2 rings (SSSR count). The maximum absolute atomic E-state index is 5.89. The molecule has 1 heterocycles. The zero-order chi connectivity index (χ0) is 12.4. The molecule has 0 amide bonds. The van der Waals surface area contributed by atoms with Crippen LogP contribution in [0.3, 0.4) is 0 Å². The third-order valence-electron chi connectivity index (χ3n) is 5.14. The maximum atomic E-state index is 5.89. The molecule has 17 heavy (non-hydrogen) atoms. The molecule has 3 nitrogen and oxygen atoms in total. The molecule has 6 unspecified atom stereocenters. The van der Waals surface area contributed by atoms with Gasteiger partial charge in [-0.25, -0.2) is 0 Å². The van der Waals surface area contributed by atoms with Crippen LogP contribution in [0.1, 0.15) is 46.5 Å². The van der Waals surface area contributed by atoms with Crippen LogP contribution >= 0.6 is 0 Å². The summed E-state index contributed by atoms with van der Waals surface area (Å²) in [6, 6.07) is 0.349. The number of hydrogen-bond donors (Lipinski definition) is 2. The van der Waals surface area contributed by atoms with E-state index in [0.717, 1.165) is 18.4 Å². The summed E-state index contributed by atoms with van der Waals surface area (Å²) < 4.78 is 5.89. The molecule has 0 radical (unpaired) electrons. The van der Waals surface area contributed by atoms with E-state index in [9.17, 15) is 0 Å². The molecular weight excluding hydrogens is 212 g/mol. The van der Waals surface area contributed by atoms with Gasteiger partial charge < -0.3 is 4.74 Å². The lowest BCUT2D eigenvalue weighted by Crippen LogP contribution is -2.51. The first kappa shape index (κ1) is 13.3. The fourth-order valence-corrected chi connectivity index (χ4v) is 3.59. The van der Waals surface area contributed by atoms with Crippen LogP contribution in [0.5, 0.6) is 0 Å². The highest BCUT2D eigenvalue weighted by molar-refractivity contribution is 4.91. The standard InChI is InChI=1S/C14H28N2O/c1-9-4-5-12(8-11(9)3)13(16-15)14-10(2)6-7-17-14/h9-14,16H,4-8,15H2,1-3H3. The third kappa shape index (κ3) is 2.83. The van der Waals surface area contributed by atoms with Crippen LogP contribution in [0.15, 0.2) is 0 Å². The van der Waals surface area contributed by atoms with Crippen molar-refractivity contribution < 1.29 is 4.74 Å². The Bertz CT molecular complexity index is 246. The van der Waals surface area contributed by atoms with Gasteiger partial charge in [-0.05, 0) is 42.9 Å². The molecule has 1 saturated carbocycles. The summed E-state index contributed by atoms with van der Waals surface area (Å²) in [7, 11) is 0. The Hall–Kier alpha value is -0.120. The molecule has 1 aliphatic carbocycles. The number of rotatable bonds is 3. The average molecular weight is 240 g/mol. The van der Waals surface area contributed by atoms with Crippen molar-refractivity contribution in [1.82, 2.24) is 5.43 Å². The highest BCUT2D eigenvalue weighted by Gasteiger charge is 2.38. The molecule has 3 N–H and O–H groups in total. The van der Waals surface area contributed by atoms with Gasteiger partial charge in [-0.15, -0.1) is 0 Å². The summed E-state index contributed by atoms with van der Waals surface area (Å²) in [5.74, 6) is 8.82. The van der Waals surface area contributed by atoms with Gasteiger partial charge >= 0.3 is 0 Å². The van der Waals surface area contributed by atoms with Crippen molar-refractivity contribution in [3.05, 3.63) is 0 Å². The van der Waals surface area contributed by atoms with Crippen molar-refractivity contribution in [2.75, 3.05) is 6.61 Å². The molecule has 0 spiro atoms. The van der Waals surface area contributed by atoms with Crippen molar-refractivity contribution in [3.8, 4) is 0 Å². The summed E-state index contributed by atoms with van der Waals surface area (Å²) in [5, 5.41) is 0. The van der Waals surface area contributed by atoms with Crippen LogP contribution in [0.25, 0.3) is 0 Å². The zero-order valence-corrected chi connectivity index (χ0v) is 11.5. The van der Waals surface area contributed by atoms with E-state index in [1.807, 2.05) is 0 Å². The summed E-state index contributed by atoms with van der Waals surface area (Å²) in [5.41, 5.74) is 3.05. The van der Waals surface area contributed by atoms with Gasteiger partial charge in [-0.1, -0.05) is 27.2 Å². The average Bonchev–Trinajstić information content (AvgIpc) is 2.71. The van der Waals surface area contributed by atoms with Crippen LogP contribution in [0, 0.1) is 23.7 Å². The quantitative estimate of drug-likeness (QED) is 0.588. The molecule has 1 aliphatic heterocycles. The smallest absolute Gasteiger partial charge is 0.0770 e. The van der Waals surface area contributed by atoms with Gasteiger partial charge in [0.2, 0.25) is 0 Å². The van der Waals surface area contributed by atoms with Gasteiger partial charge in [-0.2, -0.15) is 0 Å². The lowest BCUT2D eigenvalue weighted by molar-refractivity contribution is 0.0234. The number of ether oxygens (including phenoxy) is 1. The second kappa shape index (κ2) is 5.68. The topological polar surface area (TPSA) is 47.3 Å². The normalized spacial score (nSPS) is 44.8. The van der Waals surface area contributed by atoms with Gasteiger partial charge in [0.1, 0.15) is 0 Å². The van der Waals surface area contributed by atoms with Crippen molar-refractivity contribution in [1.29, 1.82) is 0 Å². The van der Waals surface area contributed by atoms with E-state index in [-0.39, 0.29) is 0 Å². The van der Waals surface area contributed by atoms with Crippen LogP contribution in [-0.2, 0) is 4.74 Å². The molecule has 0 aromatic heterocycles. The zero-order valence-electron chi connectivity index (χ0n) is 11.5. The Kier molecular flexibility index (Phi) is 4.45. The highest BCUT2D eigenvalue weighted by atomic mass is 16.5. The first-order valence-corrected chi connectivity index (χ1v) is 7.21. The van der Waals surface area contributed by atoms with Gasteiger partial charge in [0.05, 0.1) is 12.1 Å². The maximum Gasteiger partial charge on any atom is 0.0770 e. The minimum absolute atomic E-state index is 0.325. The van der Waals surface area contributed by atoms with E-state index in [0.29, 0.717) is 24.0 Å². The molecule has 0 aromatic rings. The summed E-state index contributed by atoms with van der Waals surface area (Å²) in [6.45, 7) is 7.95. The highest BCUT2D eigenvalue weighted by Crippen LogP contribution is 2.38. The molecule has 6 atom stereocenters. The number of hydrogen-bond acceptors (Lipinski definition) is 3. The van der Waals surface area contributed by atoms with Crippen LogP contribution in [-0.4, -0.2) is 18.8 Å². The number of hydrazine groups is 1. The van der Waals surface area contributed by atoms with E-state index in [4.69, 9.17) is 10.6 Å². The van der Waals surface area contributed by atoms with Crippen molar-refractivity contribution in [3.63, 3.8) is 0 Å². The van der Waals surface area contributed by atoms with Crippen LogP contribution < -0.4 is 11.3 Å².